The van der Waals surface area contributed by atoms with E-state index in [4.69, 9.17) is 0 Å². The van der Waals surface area contributed by atoms with Gasteiger partial charge < -0.3 is 4.57 Å². The number of imidazole rings is 1. The van der Waals surface area contributed by atoms with Crippen molar-refractivity contribution in [2.45, 2.75) is 24.0 Å². The molecule has 0 aliphatic heterocycles. The van der Waals surface area contributed by atoms with Crippen molar-refractivity contribution in [2.75, 3.05) is 0 Å². The lowest BCUT2D eigenvalue weighted by Gasteiger charge is -2.11. The number of benzene rings is 1. The van der Waals surface area contributed by atoms with Crippen LogP contribution in [0.1, 0.15) is 13.8 Å². The summed E-state index contributed by atoms with van der Waals surface area (Å²) in [7, 11) is 0. The average molecular weight is 218 g/mol. The molecule has 1 aromatic carbocycles. The van der Waals surface area contributed by atoms with E-state index in [-0.39, 0.29) is 0 Å². The minimum atomic E-state index is 0.592. The van der Waals surface area contributed by atoms with E-state index in [9.17, 15) is 0 Å². The molecular formula is C12H14N2S. The van der Waals surface area contributed by atoms with Gasteiger partial charge in [0.2, 0.25) is 0 Å². The molecule has 15 heavy (non-hydrogen) atoms. The Balaban J connectivity index is 2.38. The van der Waals surface area contributed by atoms with Crippen LogP contribution in [0.5, 0.6) is 0 Å². The molecule has 2 nitrogen and oxygen atoms in total. The van der Waals surface area contributed by atoms with Crippen LogP contribution in [0.2, 0.25) is 0 Å². The van der Waals surface area contributed by atoms with Crippen molar-refractivity contribution in [3.63, 3.8) is 0 Å². The van der Waals surface area contributed by atoms with Crippen molar-refractivity contribution in [2.24, 2.45) is 0 Å². The molecule has 0 spiro atoms. The van der Waals surface area contributed by atoms with Gasteiger partial charge in [0.15, 0.2) is 0 Å². The first-order chi connectivity index (χ1) is 7.27. The summed E-state index contributed by atoms with van der Waals surface area (Å²) >= 11 is 1.87. The van der Waals surface area contributed by atoms with Crippen LogP contribution < -0.4 is 0 Å². The van der Waals surface area contributed by atoms with Gasteiger partial charge in [0.05, 0.1) is 12.0 Å². The number of hydrogen-bond acceptors (Lipinski definition) is 2. The number of hydrogen-bond donors (Lipinski definition) is 0. The van der Waals surface area contributed by atoms with E-state index in [0.717, 1.165) is 0 Å². The van der Waals surface area contributed by atoms with Gasteiger partial charge in [-0.1, -0.05) is 26.0 Å². The van der Waals surface area contributed by atoms with E-state index in [1.807, 2.05) is 28.9 Å². The number of para-hydroxylation sites is 1. The Kier molecular flexibility index (Phi) is 3.11. The first kappa shape index (κ1) is 10.3. The fourth-order valence-corrected chi connectivity index (χ4v) is 2.38. The van der Waals surface area contributed by atoms with Gasteiger partial charge in [-0.2, -0.15) is 0 Å². The van der Waals surface area contributed by atoms with Gasteiger partial charge >= 0.3 is 0 Å². The average Bonchev–Trinajstić information content (AvgIpc) is 2.70. The second-order valence-electron chi connectivity index (χ2n) is 3.60. The highest BCUT2D eigenvalue weighted by molar-refractivity contribution is 8.00. The molecular weight excluding hydrogens is 204 g/mol. The Morgan fingerprint density at radius 2 is 2.07 bits per heavy atom. The monoisotopic (exact) mass is 218 g/mol. The molecule has 0 saturated heterocycles. The molecule has 2 aromatic rings. The second kappa shape index (κ2) is 4.53. The van der Waals surface area contributed by atoms with Crippen LogP contribution in [0, 0.1) is 0 Å². The Morgan fingerprint density at radius 3 is 2.73 bits per heavy atom. The van der Waals surface area contributed by atoms with Gasteiger partial charge in [0.25, 0.3) is 0 Å². The Labute approximate surface area is 94.3 Å². The molecule has 0 aliphatic carbocycles. The maximum atomic E-state index is 4.07. The predicted molar refractivity (Wildman–Crippen MR) is 64.6 cm³/mol. The molecule has 0 amide bonds. The summed E-state index contributed by atoms with van der Waals surface area (Å²) in [6.07, 6.45) is 5.61. The number of aromatic nitrogens is 2. The van der Waals surface area contributed by atoms with Crippen LogP contribution in [-0.2, 0) is 0 Å². The van der Waals surface area contributed by atoms with Crippen LogP contribution in [0.3, 0.4) is 0 Å². The van der Waals surface area contributed by atoms with Crippen molar-refractivity contribution in [3.05, 3.63) is 43.0 Å². The Hall–Kier alpha value is -1.22. The lowest BCUT2D eigenvalue weighted by molar-refractivity contribution is 1.02. The summed E-state index contributed by atoms with van der Waals surface area (Å²) in [5.41, 5.74) is 1.20. The summed E-state index contributed by atoms with van der Waals surface area (Å²) in [6.45, 7) is 4.41. The molecule has 0 N–H and O–H groups in total. The van der Waals surface area contributed by atoms with E-state index in [0.29, 0.717) is 5.25 Å². The van der Waals surface area contributed by atoms with E-state index in [2.05, 4.69) is 43.1 Å². The maximum Gasteiger partial charge on any atom is 0.0992 e. The topological polar surface area (TPSA) is 17.8 Å². The largest absolute Gasteiger partial charge is 0.305 e. The number of nitrogens with zero attached hydrogens (tertiary/aromatic N) is 2. The van der Waals surface area contributed by atoms with Crippen molar-refractivity contribution in [3.8, 4) is 5.69 Å². The number of thioether (sulfide) groups is 1. The van der Waals surface area contributed by atoms with Crippen LogP contribution in [0.4, 0.5) is 0 Å². The molecule has 2 rings (SSSR count). The molecule has 78 valence electrons. The molecule has 0 atom stereocenters. The summed E-state index contributed by atoms with van der Waals surface area (Å²) in [5.74, 6) is 0. The third-order valence-electron chi connectivity index (χ3n) is 2.01. The quantitative estimate of drug-likeness (QED) is 0.735. The molecule has 0 fully saturated rings. The van der Waals surface area contributed by atoms with Crippen LogP contribution in [0.25, 0.3) is 5.69 Å². The fourth-order valence-electron chi connectivity index (χ4n) is 1.43. The normalized spacial score (nSPS) is 10.9. The zero-order valence-electron chi connectivity index (χ0n) is 8.92. The third-order valence-corrected chi connectivity index (χ3v) is 3.08. The first-order valence-corrected chi connectivity index (χ1v) is 5.89. The zero-order valence-corrected chi connectivity index (χ0v) is 9.74. The molecule has 1 heterocycles. The second-order valence-corrected chi connectivity index (χ2v) is 5.22. The highest BCUT2D eigenvalue weighted by Crippen LogP contribution is 2.28. The highest BCUT2D eigenvalue weighted by atomic mass is 32.2. The zero-order chi connectivity index (χ0) is 10.7. The van der Waals surface area contributed by atoms with Crippen LogP contribution in [0.15, 0.2) is 47.9 Å². The molecule has 0 saturated carbocycles. The van der Waals surface area contributed by atoms with Gasteiger partial charge in [0.1, 0.15) is 0 Å². The van der Waals surface area contributed by atoms with Gasteiger partial charge in [0, 0.05) is 22.5 Å². The lowest BCUT2D eigenvalue weighted by Crippen LogP contribution is -1.95. The van der Waals surface area contributed by atoms with Crippen molar-refractivity contribution >= 4 is 11.8 Å². The molecule has 0 aliphatic rings. The standard InChI is InChI=1S/C12H14N2S/c1-10(2)15-12-6-4-3-5-11(12)14-8-7-13-9-14/h3-10H,1-2H3. The van der Waals surface area contributed by atoms with Gasteiger partial charge in [-0.05, 0) is 12.1 Å². The first-order valence-electron chi connectivity index (χ1n) is 5.01. The van der Waals surface area contributed by atoms with E-state index in [1.54, 1.807) is 6.20 Å². The Morgan fingerprint density at radius 1 is 1.27 bits per heavy atom. The lowest BCUT2D eigenvalue weighted by atomic mass is 10.3. The van der Waals surface area contributed by atoms with E-state index < -0.39 is 0 Å². The summed E-state index contributed by atoms with van der Waals surface area (Å²) in [6, 6.07) is 8.40. The molecule has 1 aromatic heterocycles. The third kappa shape index (κ3) is 2.42. The van der Waals surface area contributed by atoms with Crippen molar-refractivity contribution in [1.29, 1.82) is 0 Å². The van der Waals surface area contributed by atoms with E-state index >= 15 is 0 Å². The van der Waals surface area contributed by atoms with E-state index in [1.165, 1.54) is 10.6 Å². The maximum absolute atomic E-state index is 4.07. The SMILES string of the molecule is CC(C)Sc1ccccc1-n1ccnc1. The Bertz CT molecular complexity index is 421. The molecule has 0 unspecified atom stereocenters. The van der Waals surface area contributed by atoms with Crippen molar-refractivity contribution < 1.29 is 0 Å². The number of rotatable bonds is 3. The van der Waals surface area contributed by atoms with Crippen molar-refractivity contribution in [1.82, 2.24) is 9.55 Å². The molecule has 0 radical (unpaired) electrons. The minimum absolute atomic E-state index is 0.592. The van der Waals surface area contributed by atoms with Gasteiger partial charge in [-0.25, -0.2) is 4.98 Å². The summed E-state index contributed by atoms with van der Waals surface area (Å²) < 4.78 is 2.05. The molecule has 0 bridgehead atoms. The highest BCUT2D eigenvalue weighted by Gasteiger charge is 2.05. The van der Waals surface area contributed by atoms with Crippen LogP contribution in [-0.4, -0.2) is 14.8 Å². The smallest absolute Gasteiger partial charge is 0.0992 e. The summed E-state index contributed by atoms with van der Waals surface area (Å²) in [5, 5.41) is 0.592. The fraction of sp³-hybridized carbons (Fsp3) is 0.250. The minimum Gasteiger partial charge on any atom is -0.305 e. The predicted octanol–water partition coefficient (Wildman–Crippen LogP) is 3.37. The molecule has 3 heteroatoms. The van der Waals surface area contributed by atoms with Gasteiger partial charge in [-0.3, -0.25) is 0 Å². The summed E-state index contributed by atoms with van der Waals surface area (Å²) in [4.78, 5) is 5.37. The van der Waals surface area contributed by atoms with Crippen LogP contribution >= 0.6 is 11.8 Å². The van der Waals surface area contributed by atoms with Gasteiger partial charge in [-0.15, -0.1) is 11.8 Å².